The summed E-state index contributed by atoms with van der Waals surface area (Å²) in [7, 11) is 1.41. The lowest BCUT2D eigenvalue weighted by Crippen LogP contribution is -2.54. The summed E-state index contributed by atoms with van der Waals surface area (Å²) in [6.07, 6.45) is 1.37. The number of ether oxygens (including phenoxy) is 1. The van der Waals surface area contributed by atoms with Gasteiger partial charge in [0.25, 0.3) is 11.8 Å². The second kappa shape index (κ2) is 9.44. The molecule has 0 aliphatic carbocycles. The first-order chi connectivity index (χ1) is 16.3. The van der Waals surface area contributed by atoms with Crippen molar-refractivity contribution in [2.45, 2.75) is 6.42 Å². The van der Waals surface area contributed by atoms with Gasteiger partial charge < -0.3 is 4.74 Å². The maximum absolute atomic E-state index is 14.2. The molecule has 9 heteroatoms. The van der Waals surface area contributed by atoms with Crippen molar-refractivity contribution in [3.63, 3.8) is 0 Å². The highest BCUT2D eigenvalue weighted by molar-refractivity contribution is 6.39. The molecule has 3 aromatic rings. The number of imide groups is 2. The fraction of sp³-hybridized carbons (Fsp3) is 0.0800. The van der Waals surface area contributed by atoms with Gasteiger partial charge in [0.05, 0.1) is 12.8 Å². The van der Waals surface area contributed by atoms with Crippen molar-refractivity contribution >= 4 is 41.2 Å². The Morgan fingerprint density at radius 3 is 2.35 bits per heavy atom. The summed E-state index contributed by atoms with van der Waals surface area (Å²) < 4.78 is 33.8. The van der Waals surface area contributed by atoms with Crippen molar-refractivity contribution in [1.29, 1.82) is 0 Å². The van der Waals surface area contributed by atoms with E-state index in [0.29, 0.717) is 27.3 Å². The number of methoxy groups -OCH3 is 1. The summed E-state index contributed by atoms with van der Waals surface area (Å²) in [4.78, 5) is 38.2. The minimum absolute atomic E-state index is 0.153. The first-order valence-electron chi connectivity index (χ1n) is 10.1. The summed E-state index contributed by atoms with van der Waals surface area (Å²) in [5.74, 6) is -2.82. The zero-order chi connectivity index (χ0) is 24.4. The number of barbiturate groups is 1. The minimum atomic E-state index is -1.06. The van der Waals surface area contributed by atoms with Gasteiger partial charge in [0.15, 0.2) is 0 Å². The number of urea groups is 1. The molecular weight excluding hydrogens is 466 g/mol. The van der Waals surface area contributed by atoms with Crippen LogP contribution in [0.1, 0.15) is 16.7 Å². The molecule has 1 fully saturated rings. The van der Waals surface area contributed by atoms with Crippen LogP contribution in [-0.4, -0.2) is 25.0 Å². The lowest BCUT2D eigenvalue weighted by atomic mass is 10.00. The van der Waals surface area contributed by atoms with E-state index in [1.807, 2.05) is 5.32 Å². The standard InChI is InChI=1S/C25H17ClF2N2O4/c1-34-22-12-14(11-18(26)16(22)13-15-6-2-3-7-19(15)27)10-17-23(31)29-25(33)30(24(17)32)21-9-5-4-8-20(21)28/h2-12H,13H2,1H3,(H,29,31,33)/b17-10-. The highest BCUT2D eigenvalue weighted by atomic mass is 35.5. The number of nitrogens with one attached hydrogen (secondary N) is 1. The van der Waals surface area contributed by atoms with E-state index < -0.39 is 35.1 Å². The Morgan fingerprint density at radius 1 is 1.00 bits per heavy atom. The molecule has 1 heterocycles. The van der Waals surface area contributed by atoms with E-state index >= 15 is 0 Å². The van der Waals surface area contributed by atoms with Crippen LogP contribution in [0.25, 0.3) is 6.08 Å². The molecule has 3 aromatic carbocycles. The van der Waals surface area contributed by atoms with E-state index in [4.69, 9.17) is 16.3 Å². The summed E-state index contributed by atoms with van der Waals surface area (Å²) in [6, 6.07) is 13.4. The molecular formula is C25H17ClF2N2O4. The highest BCUT2D eigenvalue weighted by Gasteiger charge is 2.38. The Balaban J connectivity index is 1.73. The first kappa shape index (κ1) is 23.1. The lowest BCUT2D eigenvalue weighted by Gasteiger charge is -2.26. The molecule has 6 nitrogen and oxygen atoms in total. The Labute approximate surface area is 198 Å². The average Bonchev–Trinajstić information content (AvgIpc) is 2.80. The number of anilines is 1. The zero-order valence-corrected chi connectivity index (χ0v) is 18.5. The fourth-order valence-corrected chi connectivity index (χ4v) is 3.86. The van der Waals surface area contributed by atoms with Crippen LogP contribution in [-0.2, 0) is 16.0 Å². The van der Waals surface area contributed by atoms with E-state index in [1.165, 1.54) is 49.6 Å². The lowest BCUT2D eigenvalue weighted by molar-refractivity contribution is -0.122. The zero-order valence-electron chi connectivity index (χ0n) is 17.8. The SMILES string of the molecule is COc1cc(/C=C2/C(=O)NC(=O)N(c3ccccc3F)C2=O)cc(Cl)c1Cc1ccccc1F. The predicted octanol–water partition coefficient (Wildman–Crippen LogP) is 4.88. The second-order valence-corrected chi connectivity index (χ2v) is 7.77. The van der Waals surface area contributed by atoms with Gasteiger partial charge in [-0.3, -0.25) is 14.9 Å². The highest BCUT2D eigenvalue weighted by Crippen LogP contribution is 2.33. The van der Waals surface area contributed by atoms with E-state index in [0.717, 1.165) is 6.07 Å². The Bertz CT molecular complexity index is 1360. The van der Waals surface area contributed by atoms with Crippen LogP contribution in [0.4, 0.5) is 19.3 Å². The third-order valence-corrected chi connectivity index (χ3v) is 5.57. The van der Waals surface area contributed by atoms with Crippen molar-refractivity contribution in [2.24, 2.45) is 0 Å². The van der Waals surface area contributed by atoms with Gasteiger partial charge in [-0.1, -0.05) is 41.9 Å². The number of hydrogen-bond acceptors (Lipinski definition) is 4. The monoisotopic (exact) mass is 482 g/mol. The van der Waals surface area contributed by atoms with E-state index in [9.17, 15) is 23.2 Å². The van der Waals surface area contributed by atoms with Crippen molar-refractivity contribution in [3.8, 4) is 5.75 Å². The molecule has 1 aliphatic rings. The summed E-state index contributed by atoms with van der Waals surface area (Å²) in [6.45, 7) is 0. The molecule has 1 aliphatic heterocycles. The van der Waals surface area contributed by atoms with Crippen LogP contribution in [0, 0.1) is 11.6 Å². The van der Waals surface area contributed by atoms with E-state index in [1.54, 1.807) is 18.2 Å². The third kappa shape index (κ3) is 4.40. The van der Waals surface area contributed by atoms with Gasteiger partial charge >= 0.3 is 6.03 Å². The average molecular weight is 483 g/mol. The number of nitrogens with zero attached hydrogens (tertiary/aromatic N) is 1. The number of amides is 4. The molecule has 0 spiro atoms. The van der Waals surface area contributed by atoms with Crippen LogP contribution in [0.5, 0.6) is 5.75 Å². The van der Waals surface area contributed by atoms with Crippen molar-refractivity contribution in [2.75, 3.05) is 12.0 Å². The molecule has 4 rings (SSSR count). The number of carbonyl (C=O) groups excluding carboxylic acids is 3. The van der Waals surface area contributed by atoms with E-state index in [2.05, 4.69) is 0 Å². The van der Waals surface area contributed by atoms with Gasteiger partial charge in [0.1, 0.15) is 23.0 Å². The van der Waals surface area contributed by atoms with Crippen LogP contribution in [0.15, 0.2) is 66.2 Å². The number of carbonyl (C=O) groups is 3. The van der Waals surface area contributed by atoms with Gasteiger partial charge in [0.2, 0.25) is 0 Å². The molecule has 0 atom stereocenters. The van der Waals surface area contributed by atoms with Crippen LogP contribution in [0.3, 0.4) is 0 Å². The molecule has 4 amide bonds. The number of para-hydroxylation sites is 1. The molecule has 0 aromatic heterocycles. The smallest absolute Gasteiger partial charge is 0.336 e. The first-order valence-corrected chi connectivity index (χ1v) is 10.4. The van der Waals surface area contributed by atoms with Gasteiger partial charge in [-0.05, 0) is 47.5 Å². The third-order valence-electron chi connectivity index (χ3n) is 5.23. The molecule has 1 N–H and O–H groups in total. The van der Waals surface area contributed by atoms with Crippen molar-refractivity contribution in [1.82, 2.24) is 5.32 Å². The predicted molar refractivity (Wildman–Crippen MR) is 123 cm³/mol. The van der Waals surface area contributed by atoms with Gasteiger partial charge in [0, 0.05) is 17.0 Å². The Hall–Kier alpha value is -4.04. The molecule has 0 bridgehead atoms. The number of halogens is 3. The largest absolute Gasteiger partial charge is 0.496 e. The normalized spacial score (nSPS) is 15.0. The van der Waals surface area contributed by atoms with Crippen LogP contribution in [0.2, 0.25) is 5.02 Å². The maximum atomic E-state index is 14.2. The maximum Gasteiger partial charge on any atom is 0.336 e. The molecule has 34 heavy (non-hydrogen) atoms. The van der Waals surface area contributed by atoms with E-state index in [-0.39, 0.29) is 17.1 Å². The molecule has 172 valence electrons. The Morgan fingerprint density at radius 2 is 1.68 bits per heavy atom. The van der Waals surface area contributed by atoms with Gasteiger partial charge in [-0.25, -0.2) is 18.5 Å². The second-order valence-electron chi connectivity index (χ2n) is 7.36. The number of rotatable bonds is 5. The molecule has 0 unspecified atom stereocenters. The summed E-state index contributed by atoms with van der Waals surface area (Å²) >= 11 is 6.44. The van der Waals surface area contributed by atoms with Gasteiger partial charge in [-0.2, -0.15) is 0 Å². The summed E-state index contributed by atoms with van der Waals surface area (Å²) in [5, 5.41) is 2.26. The van der Waals surface area contributed by atoms with Crippen LogP contribution < -0.4 is 15.0 Å². The number of benzene rings is 3. The molecule has 0 radical (unpaired) electrons. The van der Waals surface area contributed by atoms with Crippen LogP contribution >= 0.6 is 11.6 Å². The summed E-state index contributed by atoms with van der Waals surface area (Å²) in [5.41, 5.74) is 0.552. The molecule has 0 saturated carbocycles. The minimum Gasteiger partial charge on any atom is -0.496 e. The topological polar surface area (TPSA) is 75.7 Å². The van der Waals surface area contributed by atoms with Crippen molar-refractivity contribution < 1.29 is 27.9 Å². The molecule has 1 saturated heterocycles. The fourth-order valence-electron chi connectivity index (χ4n) is 3.58. The number of hydrogen-bond donors (Lipinski definition) is 1. The Kier molecular flexibility index (Phi) is 6.43. The van der Waals surface area contributed by atoms with Gasteiger partial charge in [-0.15, -0.1) is 0 Å². The van der Waals surface area contributed by atoms with Crippen molar-refractivity contribution in [3.05, 3.63) is 99.6 Å². The quantitative estimate of drug-likeness (QED) is 0.415.